The molecule has 0 atom stereocenters. The van der Waals surface area contributed by atoms with E-state index in [1.54, 1.807) is 30.5 Å². The second-order valence-electron chi connectivity index (χ2n) is 5.45. The molecule has 0 aliphatic heterocycles. The summed E-state index contributed by atoms with van der Waals surface area (Å²) in [5, 5.41) is 6.12. The van der Waals surface area contributed by atoms with E-state index in [1.807, 2.05) is 0 Å². The Hall–Kier alpha value is -2.61. The van der Waals surface area contributed by atoms with Gasteiger partial charge in [0.15, 0.2) is 11.7 Å². The van der Waals surface area contributed by atoms with Crippen molar-refractivity contribution < 1.29 is 12.8 Å². The zero-order valence-corrected chi connectivity index (χ0v) is 12.9. The van der Waals surface area contributed by atoms with Crippen LogP contribution in [-0.4, -0.2) is 23.6 Å². The Morgan fingerprint density at radius 2 is 1.96 bits per heavy atom. The molecule has 1 aliphatic carbocycles. The van der Waals surface area contributed by atoms with Crippen LogP contribution in [-0.2, 0) is 10.0 Å². The number of anilines is 1. The molecule has 3 aromatic rings. The van der Waals surface area contributed by atoms with Crippen LogP contribution >= 0.6 is 0 Å². The van der Waals surface area contributed by atoms with Gasteiger partial charge in [-0.3, -0.25) is 9.82 Å². The van der Waals surface area contributed by atoms with Crippen LogP contribution in [0.5, 0.6) is 0 Å². The highest BCUT2D eigenvalue weighted by Gasteiger charge is 2.28. The van der Waals surface area contributed by atoms with Gasteiger partial charge >= 0.3 is 0 Å². The summed E-state index contributed by atoms with van der Waals surface area (Å²) in [6.45, 7) is 0. The molecule has 0 spiro atoms. The van der Waals surface area contributed by atoms with E-state index in [0.717, 1.165) is 24.3 Å². The predicted molar refractivity (Wildman–Crippen MR) is 83.3 cm³/mol. The summed E-state index contributed by atoms with van der Waals surface area (Å²) < 4.78 is 32.4. The highest BCUT2D eigenvalue weighted by molar-refractivity contribution is 7.92. The van der Waals surface area contributed by atoms with Gasteiger partial charge in [0.1, 0.15) is 4.90 Å². The first-order valence-electron chi connectivity index (χ1n) is 7.19. The first kappa shape index (κ1) is 14.0. The van der Waals surface area contributed by atoms with Crippen molar-refractivity contribution in [3.05, 3.63) is 48.7 Å². The van der Waals surface area contributed by atoms with Crippen LogP contribution in [0, 0.1) is 0 Å². The second-order valence-corrected chi connectivity index (χ2v) is 7.14. The number of rotatable bonds is 5. The van der Waals surface area contributed by atoms with Crippen molar-refractivity contribution in [2.24, 2.45) is 0 Å². The maximum Gasteiger partial charge on any atom is 0.265 e. The molecule has 4 rings (SSSR count). The van der Waals surface area contributed by atoms with Crippen molar-refractivity contribution in [3.63, 3.8) is 0 Å². The van der Waals surface area contributed by atoms with Crippen molar-refractivity contribution in [1.82, 2.24) is 15.2 Å². The van der Waals surface area contributed by atoms with Gasteiger partial charge in [-0.2, -0.15) is 5.10 Å². The van der Waals surface area contributed by atoms with E-state index in [4.69, 9.17) is 4.42 Å². The molecule has 2 aromatic heterocycles. The van der Waals surface area contributed by atoms with Gasteiger partial charge in [-0.15, -0.1) is 0 Å². The molecule has 1 saturated carbocycles. The number of oxazole rings is 1. The van der Waals surface area contributed by atoms with Gasteiger partial charge in [0.05, 0.1) is 12.4 Å². The van der Waals surface area contributed by atoms with Gasteiger partial charge < -0.3 is 4.42 Å². The van der Waals surface area contributed by atoms with E-state index in [0.29, 0.717) is 17.4 Å². The molecule has 1 fully saturated rings. The molecular weight excluding hydrogens is 316 g/mol. The van der Waals surface area contributed by atoms with Gasteiger partial charge in [-0.05, 0) is 37.1 Å². The smallest absolute Gasteiger partial charge is 0.265 e. The SMILES string of the molecule is O=S(=O)(Nc1ccc(-c2cnc(C3CC3)o2)cc1)c1cn[nH]c1. The molecule has 2 N–H and O–H groups in total. The molecule has 0 bridgehead atoms. The lowest BCUT2D eigenvalue weighted by Gasteiger charge is -2.06. The van der Waals surface area contributed by atoms with Gasteiger partial charge in [-0.1, -0.05) is 0 Å². The minimum absolute atomic E-state index is 0.0888. The third-order valence-corrected chi connectivity index (χ3v) is 5.00. The molecule has 23 heavy (non-hydrogen) atoms. The molecule has 7 nitrogen and oxygen atoms in total. The normalized spacial score (nSPS) is 14.8. The van der Waals surface area contributed by atoms with Crippen LogP contribution in [0.4, 0.5) is 5.69 Å². The Bertz CT molecular complexity index is 910. The summed E-state index contributed by atoms with van der Waals surface area (Å²) in [5.41, 5.74) is 1.33. The topological polar surface area (TPSA) is 101 Å². The third-order valence-electron chi connectivity index (χ3n) is 3.66. The van der Waals surface area contributed by atoms with Crippen LogP contribution in [0.1, 0.15) is 24.7 Å². The summed E-state index contributed by atoms with van der Waals surface area (Å²) in [6.07, 6.45) is 6.55. The fourth-order valence-corrected chi connectivity index (χ4v) is 3.21. The van der Waals surface area contributed by atoms with Crippen LogP contribution in [0.3, 0.4) is 0 Å². The first-order valence-corrected chi connectivity index (χ1v) is 8.68. The van der Waals surface area contributed by atoms with Crippen molar-refractivity contribution in [2.75, 3.05) is 4.72 Å². The molecule has 1 aromatic carbocycles. The zero-order chi connectivity index (χ0) is 15.9. The third kappa shape index (κ3) is 2.85. The molecule has 0 saturated heterocycles. The quantitative estimate of drug-likeness (QED) is 0.749. The Labute approximate surface area is 132 Å². The molecule has 8 heteroatoms. The van der Waals surface area contributed by atoms with Gasteiger partial charge in [0, 0.05) is 23.4 Å². The van der Waals surface area contributed by atoms with Gasteiger partial charge in [-0.25, -0.2) is 13.4 Å². The Balaban J connectivity index is 1.53. The van der Waals surface area contributed by atoms with Crippen LogP contribution < -0.4 is 4.72 Å². The number of hydrogen-bond donors (Lipinski definition) is 2. The number of aromatic nitrogens is 3. The van der Waals surface area contributed by atoms with Gasteiger partial charge in [0.25, 0.3) is 10.0 Å². The van der Waals surface area contributed by atoms with E-state index < -0.39 is 10.0 Å². The minimum Gasteiger partial charge on any atom is -0.440 e. The van der Waals surface area contributed by atoms with Crippen molar-refractivity contribution >= 4 is 15.7 Å². The maximum atomic E-state index is 12.1. The average Bonchev–Trinajstić information content (AvgIpc) is 3.05. The summed E-state index contributed by atoms with van der Waals surface area (Å²) in [7, 11) is -3.63. The summed E-state index contributed by atoms with van der Waals surface area (Å²) in [6, 6.07) is 6.97. The van der Waals surface area contributed by atoms with E-state index in [-0.39, 0.29) is 4.90 Å². The summed E-state index contributed by atoms with van der Waals surface area (Å²) >= 11 is 0. The van der Waals surface area contributed by atoms with Crippen LogP contribution in [0.2, 0.25) is 0 Å². The largest absolute Gasteiger partial charge is 0.440 e. The molecular formula is C15H14N4O3S. The maximum absolute atomic E-state index is 12.1. The average molecular weight is 330 g/mol. The number of nitrogens with one attached hydrogen (secondary N) is 2. The first-order chi connectivity index (χ1) is 11.1. The lowest BCUT2D eigenvalue weighted by atomic mass is 10.2. The van der Waals surface area contributed by atoms with E-state index in [2.05, 4.69) is 19.9 Å². The fraction of sp³-hybridized carbons (Fsp3) is 0.200. The minimum atomic E-state index is -3.63. The molecule has 118 valence electrons. The molecule has 2 heterocycles. The molecule has 1 aliphatic rings. The van der Waals surface area contributed by atoms with Gasteiger partial charge in [0.2, 0.25) is 0 Å². The molecule has 0 amide bonds. The highest BCUT2D eigenvalue weighted by atomic mass is 32.2. The number of hydrogen-bond acceptors (Lipinski definition) is 5. The van der Waals surface area contributed by atoms with Crippen molar-refractivity contribution in [1.29, 1.82) is 0 Å². The molecule has 0 unspecified atom stereocenters. The lowest BCUT2D eigenvalue weighted by Crippen LogP contribution is -2.11. The van der Waals surface area contributed by atoms with Crippen molar-refractivity contribution in [3.8, 4) is 11.3 Å². The highest BCUT2D eigenvalue weighted by Crippen LogP contribution is 2.40. The summed E-state index contributed by atoms with van der Waals surface area (Å²) in [5.74, 6) is 1.94. The Morgan fingerprint density at radius 3 is 2.61 bits per heavy atom. The number of nitrogens with zero attached hydrogens (tertiary/aromatic N) is 2. The Kier molecular flexibility index (Phi) is 3.19. The van der Waals surface area contributed by atoms with E-state index in [9.17, 15) is 8.42 Å². The summed E-state index contributed by atoms with van der Waals surface area (Å²) in [4.78, 5) is 4.37. The lowest BCUT2D eigenvalue weighted by molar-refractivity contribution is 0.509. The number of benzene rings is 1. The predicted octanol–water partition coefficient (Wildman–Crippen LogP) is 2.74. The zero-order valence-electron chi connectivity index (χ0n) is 12.1. The number of sulfonamides is 1. The number of aromatic amines is 1. The van der Waals surface area contributed by atoms with Crippen LogP contribution in [0.15, 0.2) is 52.2 Å². The standard InChI is InChI=1S/C15H14N4O3S/c20-23(21,13-7-17-18-8-13)19-12-5-3-10(4-6-12)14-9-16-15(22-14)11-1-2-11/h3-9,11,19H,1-2H2,(H,17,18). The van der Waals surface area contributed by atoms with Crippen molar-refractivity contribution in [2.45, 2.75) is 23.7 Å². The fourth-order valence-electron chi connectivity index (χ4n) is 2.24. The van der Waals surface area contributed by atoms with Crippen LogP contribution in [0.25, 0.3) is 11.3 Å². The van der Waals surface area contributed by atoms with E-state index >= 15 is 0 Å². The monoisotopic (exact) mass is 330 g/mol. The number of H-pyrrole nitrogens is 1. The molecule has 0 radical (unpaired) electrons. The Morgan fingerprint density at radius 1 is 1.17 bits per heavy atom. The van der Waals surface area contributed by atoms with E-state index in [1.165, 1.54) is 12.4 Å². The second kappa shape index (κ2) is 5.24.